The van der Waals surface area contributed by atoms with E-state index >= 15 is 0 Å². The fraction of sp³-hybridized carbons (Fsp3) is 0.857. The van der Waals surface area contributed by atoms with Crippen LogP contribution in [0.25, 0.3) is 0 Å². The Balaban J connectivity index is 1.88. The van der Waals surface area contributed by atoms with E-state index in [1.54, 1.807) is 0 Å². The van der Waals surface area contributed by atoms with Gasteiger partial charge in [0.05, 0.1) is 13.7 Å². The first-order valence-corrected chi connectivity index (χ1v) is 3.53. The van der Waals surface area contributed by atoms with Crippen LogP contribution in [-0.2, 0) is 9.47 Å². The molecule has 0 aromatic carbocycles. The Hall–Kier alpha value is -0.730. The monoisotopic (exact) mass is 144 g/mol. The van der Waals surface area contributed by atoms with Gasteiger partial charge in [-0.05, 0) is 12.3 Å². The molecule has 1 aliphatic carbocycles. The zero-order valence-corrected chi connectivity index (χ0v) is 6.13. The first-order valence-electron chi connectivity index (χ1n) is 3.53. The standard InChI is InChI=1S/C7H12O3/c1-9-7(8)10-5-4-6-2-3-6/h6H,2-5H2,1H3. The van der Waals surface area contributed by atoms with Crippen LogP contribution in [0.3, 0.4) is 0 Å². The number of hydrogen-bond acceptors (Lipinski definition) is 3. The lowest BCUT2D eigenvalue weighted by atomic mass is 10.3. The SMILES string of the molecule is COC(=O)OCCC1CC1. The molecule has 3 nitrogen and oxygen atoms in total. The van der Waals surface area contributed by atoms with Crippen LogP contribution in [0.1, 0.15) is 19.3 Å². The summed E-state index contributed by atoms with van der Waals surface area (Å²) in [6, 6.07) is 0. The van der Waals surface area contributed by atoms with Gasteiger partial charge in [-0.2, -0.15) is 0 Å². The summed E-state index contributed by atoms with van der Waals surface area (Å²) in [5, 5.41) is 0. The number of rotatable bonds is 3. The molecule has 3 heteroatoms. The minimum atomic E-state index is -0.569. The molecule has 10 heavy (non-hydrogen) atoms. The second-order valence-electron chi connectivity index (χ2n) is 2.53. The third-order valence-electron chi connectivity index (χ3n) is 1.61. The summed E-state index contributed by atoms with van der Waals surface area (Å²) >= 11 is 0. The van der Waals surface area contributed by atoms with Gasteiger partial charge in [-0.25, -0.2) is 4.79 Å². The smallest absolute Gasteiger partial charge is 0.438 e. The van der Waals surface area contributed by atoms with Crippen molar-refractivity contribution in [2.75, 3.05) is 13.7 Å². The highest BCUT2D eigenvalue weighted by atomic mass is 16.7. The van der Waals surface area contributed by atoms with Crippen molar-refractivity contribution >= 4 is 6.16 Å². The van der Waals surface area contributed by atoms with Gasteiger partial charge in [0, 0.05) is 0 Å². The number of carbonyl (C=O) groups is 1. The van der Waals surface area contributed by atoms with E-state index in [1.807, 2.05) is 0 Å². The molecule has 1 rings (SSSR count). The average molecular weight is 144 g/mol. The van der Waals surface area contributed by atoms with Gasteiger partial charge in [-0.15, -0.1) is 0 Å². The zero-order chi connectivity index (χ0) is 7.40. The van der Waals surface area contributed by atoms with E-state index < -0.39 is 6.16 Å². The predicted molar refractivity (Wildman–Crippen MR) is 35.7 cm³/mol. The number of hydrogen-bond donors (Lipinski definition) is 0. The maximum atomic E-state index is 10.4. The molecule has 0 spiro atoms. The molecular weight excluding hydrogens is 132 g/mol. The van der Waals surface area contributed by atoms with E-state index in [9.17, 15) is 4.79 Å². The molecule has 0 aromatic heterocycles. The number of methoxy groups -OCH3 is 1. The molecule has 0 amide bonds. The fourth-order valence-electron chi connectivity index (χ4n) is 0.774. The van der Waals surface area contributed by atoms with Gasteiger partial charge in [0.25, 0.3) is 0 Å². The molecule has 1 aliphatic rings. The van der Waals surface area contributed by atoms with Crippen LogP contribution in [0, 0.1) is 5.92 Å². The van der Waals surface area contributed by atoms with Gasteiger partial charge in [-0.1, -0.05) is 12.8 Å². The summed E-state index contributed by atoms with van der Waals surface area (Å²) in [5.74, 6) is 0.810. The highest BCUT2D eigenvalue weighted by Gasteiger charge is 2.21. The summed E-state index contributed by atoms with van der Waals surface area (Å²) in [6.07, 6.45) is 3.02. The summed E-state index contributed by atoms with van der Waals surface area (Å²) in [5.41, 5.74) is 0. The Kier molecular flexibility index (Phi) is 2.54. The number of carbonyl (C=O) groups excluding carboxylic acids is 1. The van der Waals surface area contributed by atoms with Crippen LogP contribution in [0.5, 0.6) is 0 Å². The van der Waals surface area contributed by atoms with Gasteiger partial charge in [0.2, 0.25) is 0 Å². The Morgan fingerprint density at radius 3 is 2.80 bits per heavy atom. The van der Waals surface area contributed by atoms with Gasteiger partial charge >= 0.3 is 6.16 Å². The van der Waals surface area contributed by atoms with E-state index in [4.69, 9.17) is 0 Å². The maximum Gasteiger partial charge on any atom is 0.507 e. The summed E-state index contributed by atoms with van der Waals surface area (Å²) in [7, 11) is 1.32. The van der Waals surface area contributed by atoms with Crippen LogP contribution in [-0.4, -0.2) is 19.9 Å². The van der Waals surface area contributed by atoms with E-state index in [0.717, 1.165) is 12.3 Å². The van der Waals surface area contributed by atoms with Crippen LogP contribution in [0.4, 0.5) is 4.79 Å². The molecule has 0 aliphatic heterocycles. The molecular formula is C7H12O3. The second-order valence-corrected chi connectivity index (χ2v) is 2.53. The van der Waals surface area contributed by atoms with E-state index in [-0.39, 0.29) is 0 Å². The minimum Gasteiger partial charge on any atom is -0.438 e. The molecule has 0 aromatic rings. The Morgan fingerprint density at radius 1 is 1.60 bits per heavy atom. The third-order valence-corrected chi connectivity index (χ3v) is 1.61. The van der Waals surface area contributed by atoms with E-state index in [1.165, 1.54) is 20.0 Å². The second kappa shape index (κ2) is 3.44. The minimum absolute atomic E-state index is 0.511. The van der Waals surface area contributed by atoms with Crippen molar-refractivity contribution in [1.29, 1.82) is 0 Å². The molecule has 0 heterocycles. The topological polar surface area (TPSA) is 35.5 Å². The molecule has 0 saturated heterocycles. The van der Waals surface area contributed by atoms with E-state index in [0.29, 0.717) is 6.61 Å². The number of ether oxygens (including phenoxy) is 2. The van der Waals surface area contributed by atoms with Crippen molar-refractivity contribution in [3.05, 3.63) is 0 Å². The molecule has 0 radical (unpaired) electrons. The van der Waals surface area contributed by atoms with Crippen molar-refractivity contribution in [1.82, 2.24) is 0 Å². The molecule has 1 saturated carbocycles. The van der Waals surface area contributed by atoms with Crippen molar-refractivity contribution in [3.63, 3.8) is 0 Å². The predicted octanol–water partition coefficient (Wildman–Crippen LogP) is 1.57. The van der Waals surface area contributed by atoms with Crippen molar-refractivity contribution < 1.29 is 14.3 Å². The average Bonchev–Trinajstić information content (AvgIpc) is 2.71. The zero-order valence-electron chi connectivity index (χ0n) is 6.13. The lowest BCUT2D eigenvalue weighted by Gasteiger charge is -2.00. The summed E-state index contributed by atoms with van der Waals surface area (Å²) in [6.45, 7) is 0.511. The van der Waals surface area contributed by atoms with Crippen LogP contribution in [0.15, 0.2) is 0 Å². The normalized spacial score (nSPS) is 16.5. The first-order chi connectivity index (χ1) is 4.83. The lowest BCUT2D eigenvalue weighted by molar-refractivity contribution is 0.0707. The van der Waals surface area contributed by atoms with E-state index in [2.05, 4.69) is 9.47 Å². The van der Waals surface area contributed by atoms with Gasteiger partial charge in [-0.3, -0.25) is 0 Å². The highest BCUT2D eigenvalue weighted by Crippen LogP contribution is 2.32. The first kappa shape index (κ1) is 7.38. The Morgan fingerprint density at radius 2 is 2.30 bits per heavy atom. The molecule has 0 atom stereocenters. The fourth-order valence-corrected chi connectivity index (χ4v) is 0.774. The maximum absolute atomic E-state index is 10.4. The van der Waals surface area contributed by atoms with Gasteiger partial charge in [0.15, 0.2) is 0 Å². The molecule has 0 N–H and O–H groups in total. The van der Waals surface area contributed by atoms with Gasteiger partial charge in [0.1, 0.15) is 0 Å². The quantitative estimate of drug-likeness (QED) is 0.564. The Bertz CT molecular complexity index is 118. The highest BCUT2D eigenvalue weighted by molar-refractivity contribution is 5.59. The summed E-state index contributed by atoms with van der Waals surface area (Å²) in [4.78, 5) is 10.4. The molecule has 0 unspecified atom stereocenters. The van der Waals surface area contributed by atoms with Crippen LogP contribution >= 0.6 is 0 Å². The molecule has 58 valence electrons. The Labute approximate surface area is 60.3 Å². The lowest BCUT2D eigenvalue weighted by Crippen LogP contribution is -2.05. The summed E-state index contributed by atoms with van der Waals surface area (Å²) < 4.78 is 8.97. The third kappa shape index (κ3) is 2.71. The van der Waals surface area contributed by atoms with Crippen molar-refractivity contribution in [3.8, 4) is 0 Å². The van der Waals surface area contributed by atoms with Crippen molar-refractivity contribution in [2.45, 2.75) is 19.3 Å². The molecule has 0 bridgehead atoms. The van der Waals surface area contributed by atoms with Crippen LogP contribution < -0.4 is 0 Å². The van der Waals surface area contributed by atoms with Crippen LogP contribution in [0.2, 0.25) is 0 Å². The van der Waals surface area contributed by atoms with Crippen molar-refractivity contribution in [2.24, 2.45) is 5.92 Å². The largest absolute Gasteiger partial charge is 0.507 e. The molecule has 1 fully saturated rings. The van der Waals surface area contributed by atoms with Gasteiger partial charge < -0.3 is 9.47 Å².